The molecule has 0 aliphatic carbocycles. The van der Waals surface area contributed by atoms with E-state index in [1.54, 1.807) is 6.92 Å². The molecular weight excluding hydrogens is 296 g/mol. The second kappa shape index (κ2) is 6.61. The lowest BCUT2D eigenvalue weighted by atomic mass is 9.82. The van der Waals surface area contributed by atoms with Gasteiger partial charge in [0.1, 0.15) is 5.60 Å². The lowest BCUT2D eigenvalue weighted by Gasteiger charge is -2.39. The van der Waals surface area contributed by atoms with Gasteiger partial charge in [-0.05, 0) is 26.3 Å². The minimum atomic E-state index is -0.729. The van der Waals surface area contributed by atoms with E-state index in [1.807, 2.05) is 0 Å². The zero-order valence-electron chi connectivity index (χ0n) is 14.0. The first-order valence-electron chi connectivity index (χ1n) is 8.62. The standard InChI is InChI=1S/C17H26N2O4/c1-3-19-8-6-17(7-9-19)14(12(2)16(21)23-17)15(20)18-11-13-5-4-10-22-13/h13H,3-11H2,1-2H3,(H,18,20)/t13-/m1/s1. The lowest BCUT2D eigenvalue weighted by molar-refractivity contribution is -0.150. The molecule has 0 aromatic rings. The largest absolute Gasteiger partial charge is 0.450 e. The Kier molecular flexibility index (Phi) is 4.73. The van der Waals surface area contributed by atoms with Gasteiger partial charge in [-0.3, -0.25) is 4.79 Å². The summed E-state index contributed by atoms with van der Waals surface area (Å²) in [6.45, 7) is 7.76. The summed E-state index contributed by atoms with van der Waals surface area (Å²) in [6.07, 6.45) is 3.49. The maximum Gasteiger partial charge on any atom is 0.335 e. The Morgan fingerprint density at radius 1 is 1.39 bits per heavy atom. The summed E-state index contributed by atoms with van der Waals surface area (Å²) < 4.78 is 11.2. The summed E-state index contributed by atoms with van der Waals surface area (Å²) in [5.41, 5.74) is 0.268. The number of carbonyl (C=O) groups is 2. The van der Waals surface area contributed by atoms with Gasteiger partial charge in [0.15, 0.2) is 0 Å². The van der Waals surface area contributed by atoms with E-state index < -0.39 is 5.60 Å². The van der Waals surface area contributed by atoms with Crippen LogP contribution in [0.2, 0.25) is 0 Å². The third-order valence-corrected chi connectivity index (χ3v) is 5.28. The highest BCUT2D eigenvalue weighted by Crippen LogP contribution is 2.41. The molecule has 0 aromatic carbocycles. The average molecular weight is 322 g/mol. The van der Waals surface area contributed by atoms with Crippen LogP contribution in [0, 0.1) is 0 Å². The highest BCUT2D eigenvalue weighted by Gasteiger charge is 2.50. The van der Waals surface area contributed by atoms with Crippen LogP contribution >= 0.6 is 0 Å². The van der Waals surface area contributed by atoms with Crippen LogP contribution in [0.25, 0.3) is 0 Å². The summed E-state index contributed by atoms with van der Waals surface area (Å²) in [4.78, 5) is 27.1. The molecule has 0 radical (unpaired) electrons. The SMILES string of the molecule is CCN1CCC2(CC1)OC(=O)C(C)=C2C(=O)NC[C@H]1CCCO1. The van der Waals surface area contributed by atoms with Crippen molar-refractivity contribution in [3.05, 3.63) is 11.1 Å². The van der Waals surface area contributed by atoms with Gasteiger partial charge in [0.05, 0.1) is 11.7 Å². The maximum atomic E-state index is 12.7. The highest BCUT2D eigenvalue weighted by molar-refractivity contribution is 6.07. The van der Waals surface area contributed by atoms with Gasteiger partial charge in [-0.15, -0.1) is 0 Å². The van der Waals surface area contributed by atoms with Crippen LogP contribution in [-0.4, -0.2) is 61.3 Å². The number of hydrogen-bond acceptors (Lipinski definition) is 5. The molecule has 0 saturated carbocycles. The smallest absolute Gasteiger partial charge is 0.335 e. The van der Waals surface area contributed by atoms with Gasteiger partial charge >= 0.3 is 5.97 Å². The summed E-state index contributed by atoms with van der Waals surface area (Å²) in [5.74, 6) is -0.522. The monoisotopic (exact) mass is 322 g/mol. The van der Waals surface area contributed by atoms with Gasteiger partial charge in [0, 0.05) is 44.7 Å². The van der Waals surface area contributed by atoms with E-state index in [9.17, 15) is 9.59 Å². The molecule has 3 aliphatic rings. The number of carbonyl (C=O) groups excluding carboxylic acids is 2. The van der Waals surface area contributed by atoms with Crippen molar-refractivity contribution in [1.82, 2.24) is 10.2 Å². The second-order valence-electron chi connectivity index (χ2n) is 6.66. The Balaban J connectivity index is 1.71. The molecule has 6 heteroatoms. The number of likely N-dealkylation sites (tertiary alicyclic amines) is 1. The van der Waals surface area contributed by atoms with Crippen LogP contribution in [-0.2, 0) is 19.1 Å². The van der Waals surface area contributed by atoms with E-state index in [-0.39, 0.29) is 18.0 Å². The Hall–Kier alpha value is -1.40. The van der Waals surface area contributed by atoms with Gasteiger partial charge in [-0.1, -0.05) is 6.92 Å². The zero-order valence-corrected chi connectivity index (χ0v) is 14.0. The number of ether oxygens (including phenoxy) is 2. The van der Waals surface area contributed by atoms with Gasteiger partial charge in [-0.2, -0.15) is 0 Å². The molecule has 3 rings (SSSR count). The molecule has 23 heavy (non-hydrogen) atoms. The molecule has 0 aromatic heterocycles. The van der Waals surface area contributed by atoms with Crippen LogP contribution in [0.1, 0.15) is 39.5 Å². The fraction of sp³-hybridized carbons (Fsp3) is 0.765. The maximum absolute atomic E-state index is 12.7. The number of amides is 1. The molecule has 6 nitrogen and oxygen atoms in total. The Morgan fingerprint density at radius 2 is 2.13 bits per heavy atom. The molecule has 0 bridgehead atoms. The first-order chi connectivity index (χ1) is 11.1. The first-order valence-corrected chi connectivity index (χ1v) is 8.62. The quantitative estimate of drug-likeness (QED) is 0.783. The summed E-state index contributed by atoms with van der Waals surface area (Å²) >= 11 is 0. The topological polar surface area (TPSA) is 67.9 Å². The van der Waals surface area contributed by atoms with E-state index in [2.05, 4.69) is 17.1 Å². The molecular formula is C17H26N2O4. The molecule has 3 aliphatic heterocycles. The number of piperidine rings is 1. The number of esters is 1. The van der Waals surface area contributed by atoms with E-state index in [0.717, 1.165) is 39.1 Å². The van der Waals surface area contributed by atoms with Crippen LogP contribution in [0.15, 0.2) is 11.1 Å². The number of nitrogens with one attached hydrogen (secondary N) is 1. The van der Waals surface area contributed by atoms with Crippen molar-refractivity contribution >= 4 is 11.9 Å². The zero-order chi connectivity index (χ0) is 16.4. The second-order valence-corrected chi connectivity index (χ2v) is 6.66. The third kappa shape index (κ3) is 3.15. The van der Waals surface area contributed by atoms with Gasteiger partial charge in [-0.25, -0.2) is 4.79 Å². The number of rotatable bonds is 4. The normalized spacial score (nSPS) is 27.6. The summed E-state index contributed by atoms with van der Waals surface area (Å²) in [6, 6.07) is 0. The molecule has 1 atom stereocenters. The molecule has 3 heterocycles. The fourth-order valence-corrected chi connectivity index (χ4v) is 3.81. The number of nitrogens with zero attached hydrogens (tertiary/aromatic N) is 1. The predicted octanol–water partition coefficient (Wildman–Crippen LogP) is 1.01. The van der Waals surface area contributed by atoms with E-state index in [4.69, 9.17) is 9.47 Å². The van der Waals surface area contributed by atoms with E-state index >= 15 is 0 Å². The summed E-state index contributed by atoms with van der Waals surface area (Å²) in [5, 5.41) is 2.95. The Bertz CT molecular complexity index is 515. The Morgan fingerprint density at radius 3 is 2.74 bits per heavy atom. The van der Waals surface area contributed by atoms with Gasteiger partial charge in [0.25, 0.3) is 5.91 Å². The first kappa shape index (κ1) is 16.5. The van der Waals surface area contributed by atoms with E-state index in [0.29, 0.717) is 30.5 Å². The van der Waals surface area contributed by atoms with Crippen molar-refractivity contribution in [3.8, 4) is 0 Å². The third-order valence-electron chi connectivity index (χ3n) is 5.28. The molecule has 1 spiro atoms. The van der Waals surface area contributed by atoms with Crippen molar-refractivity contribution < 1.29 is 19.1 Å². The van der Waals surface area contributed by atoms with Gasteiger partial charge < -0.3 is 19.7 Å². The summed E-state index contributed by atoms with van der Waals surface area (Å²) in [7, 11) is 0. The van der Waals surface area contributed by atoms with Crippen LogP contribution in [0.3, 0.4) is 0 Å². The predicted molar refractivity (Wildman–Crippen MR) is 84.9 cm³/mol. The lowest BCUT2D eigenvalue weighted by Crippen LogP contribution is -2.49. The van der Waals surface area contributed by atoms with Crippen LogP contribution < -0.4 is 5.32 Å². The minimum Gasteiger partial charge on any atom is -0.450 e. The van der Waals surface area contributed by atoms with Crippen molar-refractivity contribution in [2.45, 2.75) is 51.2 Å². The van der Waals surface area contributed by atoms with Crippen LogP contribution in [0.4, 0.5) is 0 Å². The molecule has 128 valence electrons. The fourth-order valence-electron chi connectivity index (χ4n) is 3.81. The molecule has 1 N–H and O–H groups in total. The average Bonchev–Trinajstić information content (AvgIpc) is 3.14. The van der Waals surface area contributed by atoms with Crippen LogP contribution in [0.5, 0.6) is 0 Å². The highest BCUT2D eigenvalue weighted by atomic mass is 16.6. The van der Waals surface area contributed by atoms with Gasteiger partial charge in [0.2, 0.25) is 0 Å². The molecule has 2 saturated heterocycles. The molecule has 0 unspecified atom stereocenters. The van der Waals surface area contributed by atoms with Crippen molar-refractivity contribution in [2.75, 3.05) is 32.8 Å². The Labute approximate surface area is 137 Å². The van der Waals surface area contributed by atoms with Crippen molar-refractivity contribution in [1.29, 1.82) is 0 Å². The number of hydrogen-bond donors (Lipinski definition) is 1. The molecule has 1 amide bonds. The minimum absolute atomic E-state index is 0.0933. The van der Waals surface area contributed by atoms with E-state index in [1.165, 1.54) is 0 Å². The van der Waals surface area contributed by atoms with Crippen molar-refractivity contribution in [2.24, 2.45) is 0 Å². The van der Waals surface area contributed by atoms with Crippen molar-refractivity contribution in [3.63, 3.8) is 0 Å². The molecule has 2 fully saturated rings.